The maximum Gasteiger partial charge on any atom is 0.305 e. The van der Waals surface area contributed by atoms with Gasteiger partial charge in [0.1, 0.15) is 18.4 Å². The van der Waals surface area contributed by atoms with Gasteiger partial charge in [0, 0.05) is 12.1 Å². The summed E-state index contributed by atoms with van der Waals surface area (Å²) in [4.78, 5) is 62.2. The summed E-state index contributed by atoms with van der Waals surface area (Å²) in [5.41, 5.74) is 0.302. The van der Waals surface area contributed by atoms with E-state index in [0.717, 1.165) is 0 Å². The SMILES string of the molecule is CC(C)[C@H](NC(=O)c1ccc2c(c1)OCO2)C(=O)N1CCC[C@H]1C(=O)N[C@H](C=O)CC(=O)O. The predicted octanol–water partition coefficient (Wildman–Crippen LogP) is 0.319. The average Bonchev–Trinajstić information content (AvgIpc) is 3.44. The Balaban J connectivity index is 1.70. The number of amides is 3. The van der Waals surface area contributed by atoms with Crippen LogP contribution in [0.1, 0.15) is 43.5 Å². The lowest BCUT2D eigenvalue weighted by Crippen LogP contribution is -2.56. The fourth-order valence-electron chi connectivity index (χ4n) is 3.86. The van der Waals surface area contributed by atoms with E-state index in [9.17, 15) is 24.0 Å². The molecule has 0 bridgehead atoms. The van der Waals surface area contributed by atoms with Crippen LogP contribution in [0.5, 0.6) is 11.5 Å². The minimum absolute atomic E-state index is 0.0728. The smallest absolute Gasteiger partial charge is 0.305 e. The molecule has 2 aliphatic heterocycles. The Morgan fingerprint density at radius 2 is 1.91 bits per heavy atom. The Morgan fingerprint density at radius 3 is 2.58 bits per heavy atom. The molecule has 1 fully saturated rings. The molecule has 1 aromatic carbocycles. The molecule has 3 atom stereocenters. The van der Waals surface area contributed by atoms with Crippen molar-refractivity contribution in [2.45, 2.75) is 51.2 Å². The molecule has 0 unspecified atom stereocenters. The van der Waals surface area contributed by atoms with E-state index in [-0.39, 0.29) is 12.7 Å². The van der Waals surface area contributed by atoms with Gasteiger partial charge in [-0.25, -0.2) is 0 Å². The number of carbonyl (C=O) groups excluding carboxylic acids is 4. The molecule has 2 heterocycles. The van der Waals surface area contributed by atoms with Crippen molar-refractivity contribution >= 4 is 30.0 Å². The number of likely N-dealkylation sites (tertiary alicyclic amines) is 1. The number of benzene rings is 1. The molecule has 11 nitrogen and oxygen atoms in total. The second kappa shape index (κ2) is 10.3. The van der Waals surface area contributed by atoms with Crippen molar-refractivity contribution in [3.8, 4) is 11.5 Å². The zero-order chi connectivity index (χ0) is 24.1. The molecule has 11 heteroatoms. The third kappa shape index (κ3) is 5.60. The van der Waals surface area contributed by atoms with Crippen LogP contribution < -0.4 is 20.1 Å². The fraction of sp³-hybridized carbons (Fsp3) is 0.500. The van der Waals surface area contributed by atoms with Crippen LogP contribution in [0.25, 0.3) is 0 Å². The summed E-state index contributed by atoms with van der Waals surface area (Å²) in [5, 5.41) is 14.0. The van der Waals surface area contributed by atoms with Crippen LogP contribution in [0.4, 0.5) is 0 Å². The first-order valence-electron chi connectivity index (χ1n) is 10.7. The molecule has 0 radical (unpaired) electrons. The van der Waals surface area contributed by atoms with Gasteiger partial charge in [-0.3, -0.25) is 19.2 Å². The maximum atomic E-state index is 13.3. The van der Waals surface area contributed by atoms with Crippen molar-refractivity contribution in [2.75, 3.05) is 13.3 Å². The minimum atomic E-state index is -1.22. The number of nitrogens with zero attached hydrogens (tertiary/aromatic N) is 1. The van der Waals surface area contributed by atoms with Crippen LogP contribution in [-0.4, -0.2) is 71.4 Å². The van der Waals surface area contributed by atoms with Crippen LogP contribution >= 0.6 is 0 Å². The van der Waals surface area contributed by atoms with Gasteiger partial charge in [-0.1, -0.05) is 13.8 Å². The van der Waals surface area contributed by atoms with Gasteiger partial charge in [0.2, 0.25) is 18.6 Å². The molecule has 1 aromatic rings. The van der Waals surface area contributed by atoms with Gasteiger partial charge in [-0.15, -0.1) is 0 Å². The first kappa shape index (κ1) is 24.0. The van der Waals surface area contributed by atoms with E-state index in [4.69, 9.17) is 14.6 Å². The number of hydrogen-bond donors (Lipinski definition) is 3. The van der Waals surface area contributed by atoms with Gasteiger partial charge >= 0.3 is 5.97 Å². The molecular weight excluding hydrogens is 434 g/mol. The average molecular weight is 461 g/mol. The molecule has 0 aliphatic carbocycles. The first-order chi connectivity index (χ1) is 15.7. The fourth-order valence-corrected chi connectivity index (χ4v) is 3.86. The van der Waals surface area contributed by atoms with Crippen molar-refractivity contribution in [1.82, 2.24) is 15.5 Å². The van der Waals surface area contributed by atoms with Gasteiger partial charge in [-0.05, 0) is 37.0 Å². The van der Waals surface area contributed by atoms with Gasteiger partial charge in [0.25, 0.3) is 5.91 Å². The second-order valence-corrected chi connectivity index (χ2v) is 8.30. The van der Waals surface area contributed by atoms with E-state index in [1.165, 1.54) is 11.0 Å². The van der Waals surface area contributed by atoms with Gasteiger partial charge < -0.3 is 34.9 Å². The molecular formula is C22H27N3O8. The Kier molecular flexibility index (Phi) is 7.52. The molecule has 0 saturated carbocycles. The van der Waals surface area contributed by atoms with Crippen molar-refractivity contribution in [3.05, 3.63) is 23.8 Å². The number of carboxylic acids is 1. The van der Waals surface area contributed by atoms with Crippen molar-refractivity contribution < 1.29 is 38.6 Å². The summed E-state index contributed by atoms with van der Waals surface area (Å²) in [5.74, 6) is -2.00. The molecule has 1 saturated heterocycles. The lowest BCUT2D eigenvalue weighted by molar-refractivity contribution is -0.142. The highest BCUT2D eigenvalue weighted by molar-refractivity contribution is 5.99. The van der Waals surface area contributed by atoms with E-state index in [2.05, 4.69) is 10.6 Å². The molecule has 3 amide bonds. The molecule has 2 aliphatic rings. The minimum Gasteiger partial charge on any atom is -0.481 e. The molecule has 0 aromatic heterocycles. The highest BCUT2D eigenvalue weighted by atomic mass is 16.7. The summed E-state index contributed by atoms with van der Waals surface area (Å²) in [6, 6.07) is 1.80. The van der Waals surface area contributed by atoms with Gasteiger partial charge in [0.05, 0.1) is 12.5 Å². The lowest BCUT2D eigenvalue weighted by atomic mass is 10.0. The molecule has 178 valence electrons. The molecule has 3 N–H and O–H groups in total. The number of nitrogens with one attached hydrogen (secondary N) is 2. The molecule has 33 heavy (non-hydrogen) atoms. The standard InChI is InChI=1S/C22H27N3O8/c1-12(2)19(24-20(29)13-5-6-16-17(8-13)33-11-32-16)22(31)25-7-3-4-15(25)21(30)23-14(10-26)9-18(27)28/h5-6,8,10,12,14-15,19H,3-4,7,9,11H2,1-2H3,(H,23,30)(H,24,29)(H,27,28)/t14-,15-,19-/m0/s1. The van der Waals surface area contributed by atoms with Crippen molar-refractivity contribution in [1.29, 1.82) is 0 Å². The summed E-state index contributed by atoms with van der Waals surface area (Å²) in [6.07, 6.45) is 0.748. The van der Waals surface area contributed by atoms with E-state index < -0.39 is 48.2 Å². The van der Waals surface area contributed by atoms with Gasteiger partial charge in [-0.2, -0.15) is 0 Å². The zero-order valence-corrected chi connectivity index (χ0v) is 18.4. The highest BCUT2D eigenvalue weighted by Gasteiger charge is 2.39. The quantitative estimate of drug-likeness (QED) is 0.445. The summed E-state index contributed by atoms with van der Waals surface area (Å²) >= 11 is 0. The number of carboxylic acid groups (broad SMARTS) is 1. The van der Waals surface area contributed by atoms with Crippen molar-refractivity contribution in [2.24, 2.45) is 5.92 Å². The Bertz CT molecular complexity index is 948. The Labute approximate surface area is 190 Å². The molecule has 0 spiro atoms. The van der Waals surface area contributed by atoms with E-state index >= 15 is 0 Å². The predicted molar refractivity (Wildman–Crippen MR) is 114 cm³/mol. The van der Waals surface area contributed by atoms with Crippen LogP contribution in [0.3, 0.4) is 0 Å². The van der Waals surface area contributed by atoms with E-state index in [1.54, 1.807) is 26.0 Å². The van der Waals surface area contributed by atoms with E-state index in [1.807, 2.05) is 0 Å². The monoisotopic (exact) mass is 461 g/mol. The number of ether oxygens (including phenoxy) is 2. The third-order valence-electron chi connectivity index (χ3n) is 5.58. The number of rotatable bonds is 9. The summed E-state index contributed by atoms with van der Waals surface area (Å²) in [6.45, 7) is 3.94. The maximum absolute atomic E-state index is 13.3. The van der Waals surface area contributed by atoms with Crippen LogP contribution in [0.2, 0.25) is 0 Å². The third-order valence-corrected chi connectivity index (χ3v) is 5.58. The number of hydrogen-bond acceptors (Lipinski definition) is 7. The zero-order valence-electron chi connectivity index (χ0n) is 18.4. The topological polar surface area (TPSA) is 151 Å². The molecule has 3 rings (SSSR count). The van der Waals surface area contributed by atoms with Crippen LogP contribution in [-0.2, 0) is 19.2 Å². The van der Waals surface area contributed by atoms with Crippen LogP contribution in [0, 0.1) is 5.92 Å². The van der Waals surface area contributed by atoms with Gasteiger partial charge in [0.15, 0.2) is 11.5 Å². The Morgan fingerprint density at radius 1 is 1.18 bits per heavy atom. The van der Waals surface area contributed by atoms with Crippen LogP contribution in [0.15, 0.2) is 18.2 Å². The summed E-state index contributed by atoms with van der Waals surface area (Å²) < 4.78 is 10.5. The largest absolute Gasteiger partial charge is 0.481 e. The number of aldehydes is 1. The van der Waals surface area contributed by atoms with E-state index in [0.29, 0.717) is 42.7 Å². The number of carbonyl (C=O) groups is 5. The Hall–Kier alpha value is -3.63. The first-order valence-corrected chi connectivity index (χ1v) is 10.7. The normalized spacial score (nSPS) is 18.5. The number of aliphatic carboxylic acids is 1. The lowest BCUT2D eigenvalue weighted by Gasteiger charge is -2.31. The number of fused-ring (bicyclic) bond motifs is 1. The highest BCUT2D eigenvalue weighted by Crippen LogP contribution is 2.32. The summed E-state index contributed by atoms with van der Waals surface area (Å²) in [7, 11) is 0. The second-order valence-electron chi connectivity index (χ2n) is 8.30. The van der Waals surface area contributed by atoms with Crippen molar-refractivity contribution in [3.63, 3.8) is 0 Å².